The number of carbonyl (C=O) groups excluding carboxylic acids is 1. The number of imidazole rings is 1. The predicted octanol–water partition coefficient (Wildman–Crippen LogP) is 4.16. The molecule has 140 valence electrons. The zero-order valence-electron chi connectivity index (χ0n) is 14.1. The van der Waals surface area contributed by atoms with Gasteiger partial charge in [-0.15, -0.1) is 0 Å². The maximum Gasteiger partial charge on any atom is 0.434 e. The van der Waals surface area contributed by atoms with Gasteiger partial charge >= 0.3 is 6.18 Å². The summed E-state index contributed by atoms with van der Waals surface area (Å²) in [5, 5.41) is 2.82. The van der Waals surface area contributed by atoms with Crippen LogP contribution in [0.1, 0.15) is 21.6 Å². The van der Waals surface area contributed by atoms with Crippen molar-refractivity contribution in [2.45, 2.75) is 18.1 Å². The molecule has 5 nitrogen and oxygen atoms in total. The molecule has 27 heavy (non-hydrogen) atoms. The van der Waals surface area contributed by atoms with E-state index in [1.807, 2.05) is 12.1 Å². The Bertz CT molecular complexity index is 1050. The summed E-state index contributed by atoms with van der Waals surface area (Å²) < 4.78 is 40.8. The molecule has 3 aromatic rings. The number of carbonyl (C=O) groups is 1. The van der Waals surface area contributed by atoms with Crippen molar-refractivity contribution < 1.29 is 18.0 Å². The molecule has 1 unspecified atom stereocenters. The molecule has 0 saturated heterocycles. The minimum Gasteiger partial charge on any atom is -0.385 e. The third kappa shape index (κ3) is 2.80. The van der Waals surface area contributed by atoms with Crippen molar-refractivity contribution in [1.29, 1.82) is 0 Å². The molecule has 4 rings (SSSR count). The van der Waals surface area contributed by atoms with Gasteiger partial charge in [0.15, 0.2) is 11.3 Å². The zero-order chi connectivity index (χ0) is 19.3. The number of benzene rings is 1. The van der Waals surface area contributed by atoms with Crippen LogP contribution in [0.5, 0.6) is 0 Å². The van der Waals surface area contributed by atoms with Crippen LogP contribution in [0.3, 0.4) is 0 Å². The van der Waals surface area contributed by atoms with Crippen LogP contribution in [-0.4, -0.2) is 27.8 Å². The molecule has 1 amide bonds. The fourth-order valence-corrected chi connectivity index (χ4v) is 3.62. The van der Waals surface area contributed by atoms with Gasteiger partial charge in [0.2, 0.25) is 0 Å². The largest absolute Gasteiger partial charge is 0.434 e. The molecular weight excluding hydrogens is 381 g/mol. The first-order chi connectivity index (χ1) is 12.8. The molecule has 1 atom stereocenters. The highest BCUT2D eigenvalue weighted by Gasteiger charge is 2.37. The normalized spacial score (nSPS) is 17.3. The summed E-state index contributed by atoms with van der Waals surface area (Å²) in [5.74, 6) is -0.135. The highest BCUT2D eigenvalue weighted by atomic mass is 35.5. The SMILES string of the molecule is CNc1ccc(N2C(=O)c3ccccc3CC2Cl)n2cc(C(F)(F)F)nc12. The second-order valence-electron chi connectivity index (χ2n) is 6.14. The van der Waals surface area contributed by atoms with Crippen LogP contribution in [0.4, 0.5) is 24.7 Å². The number of amides is 1. The molecule has 1 aromatic carbocycles. The van der Waals surface area contributed by atoms with E-state index in [1.54, 1.807) is 31.3 Å². The van der Waals surface area contributed by atoms with Gasteiger partial charge in [0, 0.05) is 25.2 Å². The number of hydrogen-bond donors (Lipinski definition) is 1. The van der Waals surface area contributed by atoms with E-state index in [2.05, 4.69) is 10.3 Å². The zero-order valence-corrected chi connectivity index (χ0v) is 14.8. The van der Waals surface area contributed by atoms with Gasteiger partial charge in [0.25, 0.3) is 5.91 Å². The number of rotatable bonds is 2. The van der Waals surface area contributed by atoms with E-state index >= 15 is 0 Å². The van der Waals surface area contributed by atoms with Crippen molar-refractivity contribution in [3.8, 4) is 0 Å². The number of fused-ring (bicyclic) bond motifs is 2. The molecule has 0 radical (unpaired) electrons. The maximum atomic E-state index is 13.2. The van der Waals surface area contributed by atoms with Crippen LogP contribution in [0, 0.1) is 0 Å². The van der Waals surface area contributed by atoms with Crippen molar-refractivity contribution >= 4 is 34.7 Å². The number of nitrogens with one attached hydrogen (secondary N) is 1. The average Bonchev–Trinajstić information content (AvgIpc) is 3.08. The van der Waals surface area contributed by atoms with Gasteiger partial charge in [-0.2, -0.15) is 13.2 Å². The Morgan fingerprint density at radius 1 is 1.22 bits per heavy atom. The van der Waals surface area contributed by atoms with E-state index in [0.717, 1.165) is 11.8 Å². The first-order valence-corrected chi connectivity index (χ1v) is 8.57. The maximum absolute atomic E-state index is 13.2. The first-order valence-electron chi connectivity index (χ1n) is 8.14. The summed E-state index contributed by atoms with van der Waals surface area (Å²) in [6.07, 6.45) is -3.34. The Balaban J connectivity index is 1.91. The fourth-order valence-electron chi connectivity index (χ4n) is 3.27. The van der Waals surface area contributed by atoms with Crippen LogP contribution in [0.15, 0.2) is 42.6 Å². The van der Waals surface area contributed by atoms with Crippen molar-refractivity contribution in [1.82, 2.24) is 9.38 Å². The number of anilines is 2. The van der Waals surface area contributed by atoms with Crippen LogP contribution in [-0.2, 0) is 12.6 Å². The average molecular weight is 395 g/mol. The highest BCUT2D eigenvalue weighted by Crippen LogP contribution is 2.35. The second-order valence-corrected chi connectivity index (χ2v) is 6.65. The van der Waals surface area contributed by atoms with Crippen molar-refractivity contribution in [3.05, 3.63) is 59.4 Å². The summed E-state index contributed by atoms with van der Waals surface area (Å²) >= 11 is 6.44. The van der Waals surface area contributed by atoms with Crippen molar-refractivity contribution in [2.75, 3.05) is 17.3 Å². The lowest BCUT2D eigenvalue weighted by Crippen LogP contribution is -2.43. The minimum atomic E-state index is -4.60. The topological polar surface area (TPSA) is 49.6 Å². The molecular formula is C18H14ClF3N4O. The van der Waals surface area contributed by atoms with Crippen LogP contribution < -0.4 is 10.2 Å². The Labute approximate surface area is 157 Å². The van der Waals surface area contributed by atoms with Gasteiger partial charge < -0.3 is 5.32 Å². The lowest BCUT2D eigenvalue weighted by molar-refractivity contribution is -0.140. The number of aromatic nitrogens is 2. The smallest absolute Gasteiger partial charge is 0.385 e. The molecule has 0 bridgehead atoms. The highest BCUT2D eigenvalue weighted by molar-refractivity contribution is 6.26. The molecule has 1 aliphatic rings. The van der Waals surface area contributed by atoms with E-state index in [1.165, 1.54) is 9.30 Å². The molecule has 0 spiro atoms. The summed E-state index contributed by atoms with van der Waals surface area (Å²) in [4.78, 5) is 18.0. The predicted molar refractivity (Wildman–Crippen MR) is 96.3 cm³/mol. The van der Waals surface area contributed by atoms with E-state index < -0.39 is 17.4 Å². The minimum absolute atomic E-state index is 0.0675. The molecule has 1 N–H and O–H groups in total. The Morgan fingerprint density at radius 3 is 2.67 bits per heavy atom. The standard InChI is InChI=1S/C18H14ClF3N4O/c1-23-12-6-7-15(25-9-13(18(20,21)22)24-16(12)25)26-14(19)8-10-4-2-3-5-11(10)17(26)27/h2-7,9,14,23H,8H2,1H3. The lowest BCUT2D eigenvalue weighted by atomic mass is 9.99. The third-order valence-corrected chi connectivity index (χ3v) is 4.88. The van der Waals surface area contributed by atoms with Gasteiger partial charge in [0.05, 0.1) is 5.69 Å². The molecule has 3 heterocycles. The van der Waals surface area contributed by atoms with E-state index in [4.69, 9.17) is 11.6 Å². The Hall–Kier alpha value is -2.74. The Morgan fingerprint density at radius 2 is 1.96 bits per heavy atom. The molecule has 0 saturated carbocycles. The summed E-state index contributed by atoms with van der Waals surface area (Å²) in [6.45, 7) is 0. The van der Waals surface area contributed by atoms with Gasteiger partial charge in [0.1, 0.15) is 11.3 Å². The van der Waals surface area contributed by atoms with Crippen LogP contribution in [0.25, 0.3) is 5.65 Å². The summed E-state index contributed by atoms with van der Waals surface area (Å²) in [5.41, 5.74) is -0.00172. The van der Waals surface area contributed by atoms with Gasteiger partial charge in [-0.05, 0) is 23.8 Å². The number of alkyl halides is 4. The number of nitrogens with zero attached hydrogens (tertiary/aromatic N) is 3. The van der Waals surface area contributed by atoms with E-state index in [-0.39, 0.29) is 17.4 Å². The number of pyridine rings is 1. The first kappa shape index (κ1) is 17.7. The molecule has 2 aromatic heterocycles. The quantitative estimate of drug-likeness (QED) is 0.524. The van der Waals surface area contributed by atoms with Crippen LogP contribution in [0.2, 0.25) is 0 Å². The summed E-state index contributed by atoms with van der Waals surface area (Å²) in [6, 6.07) is 10.2. The summed E-state index contributed by atoms with van der Waals surface area (Å²) in [7, 11) is 1.59. The van der Waals surface area contributed by atoms with E-state index in [9.17, 15) is 18.0 Å². The molecule has 1 aliphatic heterocycles. The number of halogens is 4. The van der Waals surface area contributed by atoms with Gasteiger partial charge in [-0.3, -0.25) is 14.1 Å². The monoisotopic (exact) mass is 394 g/mol. The lowest BCUT2D eigenvalue weighted by Gasteiger charge is -2.33. The fraction of sp³-hybridized carbons (Fsp3) is 0.222. The van der Waals surface area contributed by atoms with Crippen molar-refractivity contribution in [3.63, 3.8) is 0 Å². The van der Waals surface area contributed by atoms with Crippen LogP contribution >= 0.6 is 11.6 Å². The second kappa shape index (κ2) is 6.16. The number of hydrogen-bond acceptors (Lipinski definition) is 3. The molecule has 0 fully saturated rings. The van der Waals surface area contributed by atoms with Gasteiger partial charge in [-0.25, -0.2) is 4.98 Å². The third-order valence-electron chi connectivity index (χ3n) is 4.53. The van der Waals surface area contributed by atoms with E-state index in [0.29, 0.717) is 17.7 Å². The van der Waals surface area contributed by atoms with Crippen molar-refractivity contribution in [2.24, 2.45) is 0 Å². The Kier molecular flexibility index (Phi) is 4.03. The molecule has 9 heteroatoms. The van der Waals surface area contributed by atoms with Gasteiger partial charge in [-0.1, -0.05) is 29.8 Å². The molecule has 0 aliphatic carbocycles.